The highest BCUT2D eigenvalue weighted by Gasteiger charge is 2.25. The van der Waals surface area contributed by atoms with E-state index >= 15 is 0 Å². The first-order valence-corrected chi connectivity index (χ1v) is 7.30. The van der Waals surface area contributed by atoms with E-state index in [0.717, 1.165) is 15.8 Å². The minimum atomic E-state index is -0.0493. The molecule has 2 rings (SSSR count). The van der Waals surface area contributed by atoms with Crippen molar-refractivity contribution >= 4 is 21.6 Å². The van der Waals surface area contributed by atoms with Gasteiger partial charge in [0.2, 0.25) is 0 Å². The molecule has 2 aromatic heterocycles. The molecule has 0 saturated heterocycles. The number of fused-ring (bicyclic) bond motifs is 1. The molecular formula is C16H20N2S. The molecule has 0 unspecified atom stereocenters. The van der Waals surface area contributed by atoms with Crippen LogP contribution in [0.5, 0.6) is 0 Å². The van der Waals surface area contributed by atoms with Crippen LogP contribution in [0.25, 0.3) is 10.2 Å². The van der Waals surface area contributed by atoms with E-state index in [9.17, 15) is 5.26 Å². The van der Waals surface area contributed by atoms with Gasteiger partial charge in [-0.15, -0.1) is 11.3 Å². The molecule has 0 radical (unpaired) electrons. The lowest BCUT2D eigenvalue weighted by molar-refractivity contribution is 0.594. The minimum Gasteiger partial charge on any atom is -0.254 e. The van der Waals surface area contributed by atoms with Gasteiger partial charge >= 0.3 is 0 Å². The summed E-state index contributed by atoms with van der Waals surface area (Å²) in [6, 6.07) is 4.45. The van der Waals surface area contributed by atoms with Crippen LogP contribution < -0.4 is 0 Å². The third-order valence-corrected chi connectivity index (χ3v) is 4.72. The normalized spacial score (nSPS) is 12.7. The highest BCUT2D eigenvalue weighted by atomic mass is 32.1. The summed E-state index contributed by atoms with van der Waals surface area (Å²) in [5, 5.41) is 9.32. The van der Waals surface area contributed by atoms with Crippen molar-refractivity contribution in [2.45, 2.75) is 52.4 Å². The highest BCUT2D eigenvalue weighted by molar-refractivity contribution is 7.19. The molecule has 0 aromatic carbocycles. The number of hydrogen-bond acceptors (Lipinski definition) is 3. The van der Waals surface area contributed by atoms with Crippen LogP contribution in [0.3, 0.4) is 0 Å². The Morgan fingerprint density at radius 1 is 1.11 bits per heavy atom. The first kappa shape index (κ1) is 14.0. The maximum Gasteiger partial charge on any atom is 0.101 e. The number of pyridine rings is 1. The highest BCUT2D eigenvalue weighted by Crippen LogP contribution is 2.40. The van der Waals surface area contributed by atoms with Gasteiger partial charge in [0.05, 0.1) is 15.8 Å². The molecule has 0 aliphatic heterocycles. The molecule has 19 heavy (non-hydrogen) atoms. The lowest BCUT2D eigenvalue weighted by Gasteiger charge is -2.21. The molecule has 0 atom stereocenters. The van der Waals surface area contributed by atoms with Gasteiger partial charge in [0.15, 0.2) is 0 Å². The van der Waals surface area contributed by atoms with Gasteiger partial charge in [-0.3, -0.25) is 4.98 Å². The molecule has 0 fully saturated rings. The molecule has 0 bridgehead atoms. The number of thiophene rings is 1. The fraction of sp³-hybridized carbons (Fsp3) is 0.500. The maximum absolute atomic E-state index is 9.32. The quantitative estimate of drug-likeness (QED) is 0.693. The van der Waals surface area contributed by atoms with Crippen LogP contribution in [-0.4, -0.2) is 4.98 Å². The Hall–Kier alpha value is -1.40. The zero-order valence-electron chi connectivity index (χ0n) is 12.5. The number of nitrogens with zero attached hydrogens (tertiary/aromatic N) is 2. The van der Waals surface area contributed by atoms with Crippen LogP contribution in [0.2, 0.25) is 0 Å². The van der Waals surface area contributed by atoms with Crippen molar-refractivity contribution < 1.29 is 0 Å². The zero-order chi connectivity index (χ0) is 14.4. The van der Waals surface area contributed by atoms with Gasteiger partial charge in [-0.05, 0) is 22.5 Å². The van der Waals surface area contributed by atoms with Gasteiger partial charge in [-0.25, -0.2) is 0 Å². The van der Waals surface area contributed by atoms with E-state index in [1.165, 1.54) is 4.88 Å². The van der Waals surface area contributed by atoms with Crippen LogP contribution in [0, 0.1) is 11.3 Å². The van der Waals surface area contributed by atoms with Crippen molar-refractivity contribution in [2.75, 3.05) is 0 Å². The van der Waals surface area contributed by atoms with Gasteiger partial charge < -0.3 is 0 Å². The molecule has 0 amide bonds. The molecule has 0 N–H and O–H groups in total. The lowest BCUT2D eigenvalue weighted by Crippen LogP contribution is -2.13. The standard InChI is InChI=1S/C16H20N2S/c1-15(2,3)12-7-11-14(19-12)13(16(4,5)6)10(8-17)9-18-11/h7,9H,1-6H3. The third-order valence-electron chi connectivity index (χ3n) is 3.15. The molecule has 0 aliphatic rings. The fourth-order valence-corrected chi connectivity index (χ4v) is 3.61. The van der Waals surface area contributed by atoms with Crippen molar-refractivity contribution in [3.8, 4) is 6.07 Å². The molecule has 0 aliphatic carbocycles. The second-order valence-corrected chi connectivity index (χ2v) is 8.04. The van der Waals surface area contributed by atoms with E-state index in [-0.39, 0.29) is 10.8 Å². The van der Waals surface area contributed by atoms with Crippen LogP contribution in [-0.2, 0) is 10.8 Å². The lowest BCUT2D eigenvalue weighted by atomic mass is 9.84. The summed E-state index contributed by atoms with van der Waals surface area (Å²) < 4.78 is 1.16. The SMILES string of the molecule is CC(C)(C)c1cc2ncc(C#N)c(C(C)(C)C)c2s1. The second kappa shape index (κ2) is 4.31. The fourth-order valence-electron chi connectivity index (χ4n) is 2.18. The maximum atomic E-state index is 9.32. The molecule has 3 heteroatoms. The number of aromatic nitrogens is 1. The van der Waals surface area contributed by atoms with Crippen molar-refractivity contribution in [2.24, 2.45) is 0 Å². The van der Waals surface area contributed by atoms with E-state index in [1.807, 2.05) is 0 Å². The first-order chi connectivity index (χ1) is 8.64. The van der Waals surface area contributed by atoms with Gasteiger partial charge in [0.1, 0.15) is 6.07 Å². The average Bonchev–Trinajstić information content (AvgIpc) is 2.68. The van der Waals surface area contributed by atoms with Crippen LogP contribution >= 0.6 is 11.3 Å². The summed E-state index contributed by atoms with van der Waals surface area (Å²) in [6.45, 7) is 13.1. The topological polar surface area (TPSA) is 36.7 Å². The van der Waals surface area contributed by atoms with Crippen molar-refractivity contribution in [1.29, 1.82) is 5.26 Å². The number of hydrogen-bond donors (Lipinski definition) is 0. The predicted octanol–water partition coefficient (Wildman–Crippen LogP) is 4.76. The minimum absolute atomic E-state index is 0.0493. The Labute approximate surface area is 119 Å². The van der Waals surface area contributed by atoms with Crippen LogP contribution in [0.15, 0.2) is 12.3 Å². The summed E-state index contributed by atoms with van der Waals surface area (Å²) in [5.74, 6) is 0. The van der Waals surface area contributed by atoms with Gasteiger partial charge in [-0.1, -0.05) is 41.5 Å². The Balaban J connectivity index is 2.83. The Morgan fingerprint density at radius 2 is 1.74 bits per heavy atom. The summed E-state index contributed by atoms with van der Waals surface area (Å²) in [4.78, 5) is 5.76. The van der Waals surface area contributed by atoms with E-state index in [0.29, 0.717) is 5.56 Å². The second-order valence-electron chi connectivity index (χ2n) is 6.98. The first-order valence-electron chi connectivity index (χ1n) is 6.48. The third kappa shape index (κ3) is 2.50. The van der Waals surface area contributed by atoms with Crippen molar-refractivity contribution in [3.05, 3.63) is 28.3 Å². The average molecular weight is 272 g/mol. The molecule has 0 saturated carbocycles. The molecule has 2 nitrogen and oxygen atoms in total. The Bertz CT molecular complexity index is 661. The monoisotopic (exact) mass is 272 g/mol. The van der Waals surface area contributed by atoms with E-state index < -0.39 is 0 Å². The van der Waals surface area contributed by atoms with E-state index in [4.69, 9.17) is 0 Å². The van der Waals surface area contributed by atoms with Crippen molar-refractivity contribution in [3.63, 3.8) is 0 Å². The molecule has 100 valence electrons. The van der Waals surface area contributed by atoms with Gasteiger partial charge in [0.25, 0.3) is 0 Å². The summed E-state index contributed by atoms with van der Waals surface area (Å²) in [5.41, 5.74) is 2.90. The van der Waals surface area contributed by atoms with Crippen molar-refractivity contribution in [1.82, 2.24) is 4.98 Å². The summed E-state index contributed by atoms with van der Waals surface area (Å²) in [6.07, 6.45) is 1.71. The molecule has 2 aromatic rings. The molecular weight excluding hydrogens is 252 g/mol. The van der Waals surface area contributed by atoms with Crippen LogP contribution in [0.4, 0.5) is 0 Å². The number of rotatable bonds is 0. The summed E-state index contributed by atoms with van der Waals surface area (Å²) in [7, 11) is 0. The molecule has 2 heterocycles. The largest absolute Gasteiger partial charge is 0.254 e. The Kier molecular flexibility index (Phi) is 3.18. The smallest absolute Gasteiger partial charge is 0.101 e. The van der Waals surface area contributed by atoms with E-state index in [2.05, 4.69) is 58.7 Å². The molecule has 0 spiro atoms. The zero-order valence-corrected chi connectivity index (χ0v) is 13.3. The number of nitriles is 1. The Morgan fingerprint density at radius 3 is 2.21 bits per heavy atom. The van der Waals surface area contributed by atoms with Gasteiger partial charge in [0, 0.05) is 11.1 Å². The predicted molar refractivity (Wildman–Crippen MR) is 81.7 cm³/mol. The van der Waals surface area contributed by atoms with Gasteiger partial charge in [-0.2, -0.15) is 5.26 Å². The van der Waals surface area contributed by atoms with E-state index in [1.54, 1.807) is 17.5 Å². The van der Waals surface area contributed by atoms with Crippen LogP contribution in [0.1, 0.15) is 57.5 Å². The summed E-state index contributed by atoms with van der Waals surface area (Å²) >= 11 is 1.77.